The Labute approximate surface area is 125 Å². The van der Waals surface area contributed by atoms with Crippen molar-refractivity contribution in [1.29, 1.82) is 0 Å². The minimum absolute atomic E-state index is 0.0979. The summed E-state index contributed by atoms with van der Waals surface area (Å²) in [5.41, 5.74) is 0.569. The second-order valence-electron chi connectivity index (χ2n) is 4.96. The molecule has 4 nitrogen and oxygen atoms in total. The van der Waals surface area contributed by atoms with Gasteiger partial charge in [0.2, 0.25) is 5.91 Å². The van der Waals surface area contributed by atoms with Crippen molar-refractivity contribution in [3.05, 3.63) is 34.9 Å². The zero-order chi connectivity index (χ0) is 15.1. The SMILES string of the molecule is CC(C)N(C)C(=O)CCCNC(=O)c1ccc(Cl)cc1. The Hall–Kier alpha value is -1.55. The average Bonchev–Trinajstić information content (AvgIpc) is 2.42. The second-order valence-corrected chi connectivity index (χ2v) is 5.40. The molecule has 0 bridgehead atoms. The van der Waals surface area contributed by atoms with E-state index in [1.807, 2.05) is 13.8 Å². The van der Waals surface area contributed by atoms with Crippen LogP contribution in [0.2, 0.25) is 5.02 Å². The van der Waals surface area contributed by atoms with Crippen molar-refractivity contribution in [1.82, 2.24) is 10.2 Å². The molecule has 20 heavy (non-hydrogen) atoms. The maximum absolute atomic E-state index is 11.8. The van der Waals surface area contributed by atoms with Crippen molar-refractivity contribution in [2.24, 2.45) is 0 Å². The highest BCUT2D eigenvalue weighted by molar-refractivity contribution is 6.30. The minimum Gasteiger partial charge on any atom is -0.352 e. The maximum Gasteiger partial charge on any atom is 0.251 e. The molecular weight excluding hydrogens is 276 g/mol. The summed E-state index contributed by atoms with van der Waals surface area (Å²) in [5.74, 6) is -0.0490. The molecule has 1 aromatic rings. The first-order valence-corrected chi connectivity index (χ1v) is 7.09. The van der Waals surface area contributed by atoms with Crippen molar-refractivity contribution < 1.29 is 9.59 Å². The van der Waals surface area contributed by atoms with Gasteiger partial charge in [-0.1, -0.05) is 11.6 Å². The molecule has 0 fully saturated rings. The number of rotatable bonds is 6. The molecule has 0 unspecified atom stereocenters. The Morgan fingerprint density at radius 2 is 1.85 bits per heavy atom. The molecule has 5 heteroatoms. The van der Waals surface area contributed by atoms with E-state index < -0.39 is 0 Å². The molecule has 0 atom stereocenters. The van der Waals surface area contributed by atoms with Crippen LogP contribution in [0, 0.1) is 0 Å². The first kappa shape index (κ1) is 16.5. The van der Waals surface area contributed by atoms with Crippen LogP contribution in [0.5, 0.6) is 0 Å². The lowest BCUT2D eigenvalue weighted by molar-refractivity contribution is -0.131. The number of carbonyl (C=O) groups excluding carboxylic acids is 2. The molecule has 110 valence electrons. The Bertz CT molecular complexity index is 457. The summed E-state index contributed by atoms with van der Waals surface area (Å²) < 4.78 is 0. The average molecular weight is 297 g/mol. The van der Waals surface area contributed by atoms with E-state index in [-0.39, 0.29) is 17.9 Å². The molecule has 0 spiro atoms. The van der Waals surface area contributed by atoms with Crippen LogP contribution in [0.4, 0.5) is 0 Å². The van der Waals surface area contributed by atoms with Crippen LogP contribution in [0.1, 0.15) is 37.0 Å². The van der Waals surface area contributed by atoms with Gasteiger partial charge in [0, 0.05) is 36.6 Å². The molecular formula is C15H21ClN2O2. The number of amides is 2. The van der Waals surface area contributed by atoms with E-state index in [0.29, 0.717) is 30.0 Å². The zero-order valence-electron chi connectivity index (χ0n) is 12.1. The van der Waals surface area contributed by atoms with Crippen LogP contribution < -0.4 is 5.32 Å². The van der Waals surface area contributed by atoms with Gasteiger partial charge < -0.3 is 10.2 Å². The molecule has 0 saturated heterocycles. The predicted molar refractivity (Wildman–Crippen MR) is 80.9 cm³/mol. The fourth-order valence-electron chi connectivity index (χ4n) is 1.61. The van der Waals surface area contributed by atoms with Gasteiger partial charge in [-0.05, 0) is 44.5 Å². The van der Waals surface area contributed by atoms with Crippen molar-refractivity contribution in [3.8, 4) is 0 Å². The number of nitrogens with zero attached hydrogens (tertiary/aromatic N) is 1. The third-order valence-electron chi connectivity index (χ3n) is 3.13. The molecule has 0 aromatic heterocycles. The van der Waals surface area contributed by atoms with E-state index in [0.717, 1.165) is 0 Å². The summed E-state index contributed by atoms with van der Waals surface area (Å²) in [6, 6.07) is 6.91. The topological polar surface area (TPSA) is 49.4 Å². The first-order valence-electron chi connectivity index (χ1n) is 6.71. The van der Waals surface area contributed by atoms with E-state index in [1.165, 1.54) is 0 Å². The number of benzene rings is 1. The largest absolute Gasteiger partial charge is 0.352 e. The van der Waals surface area contributed by atoms with Gasteiger partial charge in [-0.2, -0.15) is 0 Å². The van der Waals surface area contributed by atoms with Gasteiger partial charge in [-0.3, -0.25) is 9.59 Å². The number of halogens is 1. The monoisotopic (exact) mass is 296 g/mol. The Balaban J connectivity index is 2.29. The fourth-order valence-corrected chi connectivity index (χ4v) is 1.74. The third-order valence-corrected chi connectivity index (χ3v) is 3.38. The van der Waals surface area contributed by atoms with Crippen LogP contribution in [-0.4, -0.2) is 36.3 Å². The van der Waals surface area contributed by atoms with Crippen LogP contribution in [0.15, 0.2) is 24.3 Å². The molecule has 0 aliphatic rings. The summed E-state index contributed by atoms with van der Waals surface area (Å²) in [7, 11) is 1.79. The summed E-state index contributed by atoms with van der Waals surface area (Å²) in [4.78, 5) is 25.2. The molecule has 0 radical (unpaired) electrons. The molecule has 0 saturated carbocycles. The standard InChI is InChI=1S/C15H21ClN2O2/c1-11(2)18(3)14(19)5-4-10-17-15(20)12-6-8-13(16)9-7-12/h6-9,11H,4-5,10H2,1-3H3,(H,17,20). The highest BCUT2D eigenvalue weighted by Gasteiger charge is 2.11. The summed E-state index contributed by atoms with van der Waals surface area (Å²) in [5, 5.41) is 3.39. The van der Waals surface area contributed by atoms with Crippen LogP contribution in [-0.2, 0) is 4.79 Å². The number of carbonyl (C=O) groups is 2. The lowest BCUT2D eigenvalue weighted by atomic mass is 10.2. The van der Waals surface area contributed by atoms with Crippen LogP contribution in [0.3, 0.4) is 0 Å². The van der Waals surface area contributed by atoms with Crippen molar-refractivity contribution in [3.63, 3.8) is 0 Å². The van der Waals surface area contributed by atoms with Gasteiger partial charge in [0.15, 0.2) is 0 Å². The highest BCUT2D eigenvalue weighted by Crippen LogP contribution is 2.09. The lowest BCUT2D eigenvalue weighted by Gasteiger charge is -2.21. The molecule has 2 amide bonds. The van der Waals surface area contributed by atoms with Gasteiger partial charge in [0.05, 0.1) is 0 Å². The quantitative estimate of drug-likeness (QED) is 0.821. The summed E-state index contributed by atoms with van der Waals surface area (Å²) >= 11 is 5.76. The van der Waals surface area contributed by atoms with E-state index in [2.05, 4.69) is 5.32 Å². The third kappa shape index (κ3) is 5.21. The predicted octanol–water partition coefficient (Wildman–Crippen LogP) is 2.72. The van der Waals surface area contributed by atoms with Crippen molar-refractivity contribution >= 4 is 23.4 Å². The van der Waals surface area contributed by atoms with Crippen molar-refractivity contribution in [2.75, 3.05) is 13.6 Å². The Morgan fingerprint density at radius 1 is 1.25 bits per heavy atom. The molecule has 1 N–H and O–H groups in total. The fraction of sp³-hybridized carbons (Fsp3) is 0.467. The Kier molecular flexibility index (Phi) is 6.52. The zero-order valence-corrected chi connectivity index (χ0v) is 12.9. The number of hydrogen-bond acceptors (Lipinski definition) is 2. The first-order chi connectivity index (χ1) is 9.41. The van der Waals surface area contributed by atoms with Gasteiger partial charge in [0.1, 0.15) is 0 Å². The van der Waals surface area contributed by atoms with Crippen LogP contribution >= 0.6 is 11.6 Å². The summed E-state index contributed by atoms with van der Waals surface area (Å²) in [6.07, 6.45) is 1.07. The normalized spacial score (nSPS) is 10.4. The minimum atomic E-state index is -0.147. The number of nitrogens with one attached hydrogen (secondary N) is 1. The van der Waals surface area contributed by atoms with Crippen LogP contribution in [0.25, 0.3) is 0 Å². The van der Waals surface area contributed by atoms with Crippen molar-refractivity contribution in [2.45, 2.75) is 32.7 Å². The second kappa shape index (κ2) is 7.90. The van der Waals surface area contributed by atoms with E-state index in [1.54, 1.807) is 36.2 Å². The Morgan fingerprint density at radius 3 is 2.40 bits per heavy atom. The van der Waals surface area contributed by atoms with Gasteiger partial charge >= 0.3 is 0 Å². The smallest absolute Gasteiger partial charge is 0.251 e. The molecule has 1 aromatic carbocycles. The van der Waals surface area contributed by atoms with Gasteiger partial charge in [-0.25, -0.2) is 0 Å². The van der Waals surface area contributed by atoms with E-state index in [4.69, 9.17) is 11.6 Å². The molecule has 0 heterocycles. The molecule has 0 aliphatic heterocycles. The number of hydrogen-bond donors (Lipinski definition) is 1. The highest BCUT2D eigenvalue weighted by atomic mass is 35.5. The molecule has 0 aliphatic carbocycles. The van der Waals surface area contributed by atoms with Gasteiger partial charge in [0.25, 0.3) is 5.91 Å². The summed E-state index contributed by atoms with van der Waals surface area (Å²) in [6.45, 7) is 4.43. The van der Waals surface area contributed by atoms with Gasteiger partial charge in [-0.15, -0.1) is 0 Å². The van der Waals surface area contributed by atoms with E-state index in [9.17, 15) is 9.59 Å². The molecule has 1 rings (SSSR count). The lowest BCUT2D eigenvalue weighted by Crippen LogP contribution is -2.33. The maximum atomic E-state index is 11.8. The van der Waals surface area contributed by atoms with E-state index >= 15 is 0 Å².